The summed E-state index contributed by atoms with van der Waals surface area (Å²) in [5, 5.41) is 3.83. The summed E-state index contributed by atoms with van der Waals surface area (Å²) in [7, 11) is 0. The van der Waals surface area contributed by atoms with E-state index in [-0.39, 0.29) is 23.5 Å². The first-order chi connectivity index (χ1) is 16.6. The van der Waals surface area contributed by atoms with Crippen LogP contribution in [0.25, 0.3) is 0 Å². The predicted octanol–water partition coefficient (Wildman–Crippen LogP) is 5.04. The summed E-state index contributed by atoms with van der Waals surface area (Å²) in [5.74, 6) is 0.975. The summed E-state index contributed by atoms with van der Waals surface area (Å²) in [6.07, 6.45) is 8.21. The molecule has 2 aromatic carbocycles. The second kappa shape index (κ2) is 10.5. The molecule has 1 amide bonds. The number of carbonyl (C=O) groups is 1. The molecule has 0 unspecified atom stereocenters. The van der Waals surface area contributed by atoms with Crippen molar-refractivity contribution >= 4 is 5.91 Å². The van der Waals surface area contributed by atoms with Crippen LogP contribution in [0.4, 0.5) is 0 Å². The summed E-state index contributed by atoms with van der Waals surface area (Å²) in [4.78, 5) is 18.6. The lowest BCUT2D eigenvalue weighted by Gasteiger charge is -2.38. The van der Waals surface area contributed by atoms with Gasteiger partial charge in [0.1, 0.15) is 12.4 Å². The van der Waals surface area contributed by atoms with Crippen molar-refractivity contribution in [3.05, 3.63) is 65.7 Å². The third-order valence-corrected chi connectivity index (χ3v) is 8.10. The van der Waals surface area contributed by atoms with Gasteiger partial charge >= 0.3 is 0 Å². The molecule has 0 saturated carbocycles. The van der Waals surface area contributed by atoms with Gasteiger partial charge in [0.2, 0.25) is 0 Å². The van der Waals surface area contributed by atoms with Gasteiger partial charge in [0.25, 0.3) is 5.91 Å². The topological polar surface area (TPSA) is 44.8 Å². The Morgan fingerprint density at radius 3 is 2.53 bits per heavy atom. The highest BCUT2D eigenvalue weighted by atomic mass is 16.5. The highest BCUT2D eigenvalue weighted by molar-refractivity contribution is 5.95. The van der Waals surface area contributed by atoms with Crippen molar-refractivity contribution < 1.29 is 9.53 Å². The van der Waals surface area contributed by atoms with E-state index >= 15 is 0 Å². The number of nitrogens with one attached hydrogen (secondary N) is 1. The molecule has 5 heteroatoms. The van der Waals surface area contributed by atoms with Crippen molar-refractivity contribution in [2.75, 3.05) is 32.8 Å². The zero-order chi connectivity index (χ0) is 23.4. The van der Waals surface area contributed by atoms with Crippen molar-refractivity contribution in [1.29, 1.82) is 0 Å². The molecular weight excluding hydrogens is 422 g/mol. The van der Waals surface area contributed by atoms with Crippen molar-refractivity contribution in [2.45, 2.75) is 69.5 Å². The maximum absolute atomic E-state index is 14.0. The van der Waals surface area contributed by atoms with Gasteiger partial charge in [-0.15, -0.1) is 0 Å². The highest BCUT2D eigenvalue weighted by Crippen LogP contribution is 2.45. The lowest BCUT2D eigenvalue weighted by Crippen LogP contribution is -2.54. The fraction of sp³-hybridized carbons (Fsp3) is 0.552. The molecule has 3 atom stereocenters. The molecule has 3 saturated heterocycles. The lowest BCUT2D eigenvalue weighted by molar-refractivity contribution is 0.0612. The molecule has 2 aromatic rings. The minimum absolute atomic E-state index is 0.0603. The SMILES string of the molecule is C[C@]12C[C@@H](c3ccccc3)N(C(=O)c3ccc(OCCN4CCCC4)cc3)[C@H]1CCCCCN2. The molecule has 34 heavy (non-hydrogen) atoms. The van der Waals surface area contributed by atoms with Gasteiger partial charge in [-0.1, -0.05) is 43.2 Å². The van der Waals surface area contributed by atoms with E-state index in [0.717, 1.165) is 37.2 Å². The largest absolute Gasteiger partial charge is 0.492 e. The Bertz CT molecular complexity index is 942. The summed E-state index contributed by atoms with van der Waals surface area (Å²) in [5.41, 5.74) is 1.92. The van der Waals surface area contributed by atoms with Crippen LogP contribution in [0.5, 0.6) is 5.75 Å². The van der Waals surface area contributed by atoms with Crippen LogP contribution in [0.2, 0.25) is 0 Å². The highest BCUT2D eigenvalue weighted by Gasteiger charge is 2.51. The van der Waals surface area contributed by atoms with Gasteiger partial charge in [0.05, 0.1) is 12.1 Å². The summed E-state index contributed by atoms with van der Waals surface area (Å²) < 4.78 is 5.97. The quantitative estimate of drug-likeness (QED) is 0.655. The molecule has 0 aromatic heterocycles. The van der Waals surface area contributed by atoms with Gasteiger partial charge in [0.15, 0.2) is 0 Å². The molecule has 0 spiro atoms. The van der Waals surface area contributed by atoms with Crippen LogP contribution in [0.15, 0.2) is 54.6 Å². The van der Waals surface area contributed by atoms with E-state index in [1.165, 1.54) is 50.8 Å². The number of rotatable bonds is 6. The summed E-state index contributed by atoms with van der Waals surface area (Å²) in [6, 6.07) is 18.7. The number of fused-ring (bicyclic) bond motifs is 1. The van der Waals surface area contributed by atoms with Crippen molar-refractivity contribution in [2.24, 2.45) is 0 Å². The Balaban J connectivity index is 1.34. The number of benzene rings is 2. The van der Waals surface area contributed by atoms with Gasteiger partial charge in [-0.05, 0) is 88.5 Å². The fourth-order valence-corrected chi connectivity index (χ4v) is 6.20. The molecule has 0 bridgehead atoms. The monoisotopic (exact) mass is 461 g/mol. The molecule has 182 valence electrons. The first kappa shape index (κ1) is 23.4. The van der Waals surface area contributed by atoms with Crippen molar-refractivity contribution in [3.8, 4) is 5.75 Å². The molecule has 5 rings (SSSR count). The van der Waals surface area contributed by atoms with Crippen LogP contribution < -0.4 is 10.1 Å². The van der Waals surface area contributed by atoms with Crippen LogP contribution in [0.1, 0.15) is 73.8 Å². The maximum atomic E-state index is 14.0. The molecule has 3 fully saturated rings. The Kier molecular flexibility index (Phi) is 7.21. The third kappa shape index (κ3) is 5.01. The summed E-state index contributed by atoms with van der Waals surface area (Å²) >= 11 is 0. The van der Waals surface area contributed by atoms with Crippen LogP contribution in [0, 0.1) is 0 Å². The molecule has 0 aliphatic carbocycles. The normalized spacial score (nSPS) is 27.7. The van der Waals surface area contributed by atoms with Gasteiger partial charge in [-0.3, -0.25) is 9.69 Å². The van der Waals surface area contributed by atoms with Crippen LogP contribution >= 0.6 is 0 Å². The number of nitrogens with zero attached hydrogens (tertiary/aromatic N) is 2. The second-order valence-electron chi connectivity index (χ2n) is 10.5. The second-order valence-corrected chi connectivity index (χ2v) is 10.5. The zero-order valence-electron chi connectivity index (χ0n) is 20.5. The minimum atomic E-state index is -0.0603. The number of hydrogen-bond donors (Lipinski definition) is 1. The first-order valence-corrected chi connectivity index (χ1v) is 13.2. The number of amides is 1. The predicted molar refractivity (Wildman–Crippen MR) is 136 cm³/mol. The maximum Gasteiger partial charge on any atom is 0.254 e. The van der Waals surface area contributed by atoms with Gasteiger partial charge in [-0.25, -0.2) is 0 Å². The van der Waals surface area contributed by atoms with Crippen LogP contribution in [0.3, 0.4) is 0 Å². The van der Waals surface area contributed by atoms with E-state index < -0.39 is 0 Å². The minimum Gasteiger partial charge on any atom is -0.492 e. The Hall–Kier alpha value is -2.37. The molecule has 3 heterocycles. The van der Waals surface area contributed by atoms with Crippen molar-refractivity contribution in [3.63, 3.8) is 0 Å². The summed E-state index contributed by atoms with van der Waals surface area (Å²) in [6.45, 7) is 7.39. The fourth-order valence-electron chi connectivity index (χ4n) is 6.20. The van der Waals surface area contributed by atoms with Crippen LogP contribution in [-0.2, 0) is 0 Å². The van der Waals surface area contributed by atoms with E-state index in [0.29, 0.717) is 6.61 Å². The Labute approximate surface area is 204 Å². The first-order valence-electron chi connectivity index (χ1n) is 13.2. The standard InChI is InChI=1S/C29H39N3O2/c1-29-22-26(23-10-4-2-5-11-23)32(27(29)12-6-3-7-17-30-29)28(33)24-13-15-25(16-14-24)34-21-20-31-18-8-9-19-31/h2,4-5,10-11,13-16,26-27,30H,3,6-9,12,17-22H2,1H3/t26-,27-,29-/m0/s1. The molecular formula is C29H39N3O2. The van der Waals surface area contributed by atoms with Gasteiger partial charge in [0, 0.05) is 17.6 Å². The zero-order valence-corrected chi connectivity index (χ0v) is 20.5. The van der Waals surface area contributed by atoms with E-state index in [4.69, 9.17) is 4.74 Å². The van der Waals surface area contributed by atoms with Crippen molar-refractivity contribution in [1.82, 2.24) is 15.1 Å². The van der Waals surface area contributed by atoms with Gasteiger partial charge < -0.3 is 15.0 Å². The number of ether oxygens (including phenoxy) is 1. The molecule has 0 radical (unpaired) electrons. The molecule has 1 N–H and O–H groups in total. The number of carbonyl (C=O) groups excluding carboxylic acids is 1. The van der Waals surface area contributed by atoms with E-state index in [2.05, 4.69) is 52.4 Å². The van der Waals surface area contributed by atoms with E-state index in [9.17, 15) is 4.79 Å². The van der Waals surface area contributed by atoms with E-state index in [1.54, 1.807) is 0 Å². The smallest absolute Gasteiger partial charge is 0.254 e. The molecule has 5 nitrogen and oxygen atoms in total. The molecule has 3 aliphatic rings. The third-order valence-electron chi connectivity index (χ3n) is 8.10. The average Bonchev–Trinajstić information content (AvgIpc) is 3.46. The van der Waals surface area contributed by atoms with Gasteiger partial charge in [-0.2, -0.15) is 0 Å². The average molecular weight is 462 g/mol. The Morgan fingerprint density at radius 2 is 1.76 bits per heavy atom. The van der Waals surface area contributed by atoms with Crippen LogP contribution in [-0.4, -0.2) is 60.1 Å². The number of likely N-dealkylation sites (tertiary alicyclic amines) is 2. The lowest BCUT2D eigenvalue weighted by atomic mass is 9.85. The van der Waals surface area contributed by atoms with E-state index in [1.807, 2.05) is 24.3 Å². The number of hydrogen-bond acceptors (Lipinski definition) is 4. The molecule has 3 aliphatic heterocycles. The Morgan fingerprint density at radius 1 is 1.00 bits per heavy atom.